The molecule has 0 saturated heterocycles. The van der Waals surface area contributed by atoms with Crippen molar-refractivity contribution in [3.63, 3.8) is 0 Å². The number of aromatic amines is 1. The maximum Gasteiger partial charge on any atom is 0.409 e. The van der Waals surface area contributed by atoms with Gasteiger partial charge in [0.2, 0.25) is 0 Å². The van der Waals surface area contributed by atoms with E-state index in [1.54, 1.807) is 36.4 Å². The Labute approximate surface area is 145 Å². The maximum absolute atomic E-state index is 10.1. The normalized spacial score (nSPS) is 9.54. The number of hydrogen-bond acceptors (Lipinski definition) is 3. The SMILES string of the molecule is Cl.NCCc1c[nH]c2ccc(O)cc12.O=C(O)Nc1ccccc1. The summed E-state index contributed by atoms with van der Waals surface area (Å²) in [6, 6.07) is 14.0. The number of phenolic OH excluding ortho intramolecular Hbond substituents is 1. The van der Waals surface area contributed by atoms with Gasteiger partial charge >= 0.3 is 6.09 Å². The Hall–Kier alpha value is -2.70. The van der Waals surface area contributed by atoms with Crippen LogP contribution in [0.3, 0.4) is 0 Å². The zero-order valence-corrected chi connectivity index (χ0v) is 13.7. The van der Waals surface area contributed by atoms with Crippen LogP contribution in [-0.4, -0.2) is 27.8 Å². The third kappa shape index (κ3) is 5.49. The molecule has 3 aromatic rings. The van der Waals surface area contributed by atoms with Crippen LogP contribution in [0.2, 0.25) is 0 Å². The molecule has 0 radical (unpaired) electrons. The number of phenols is 1. The minimum absolute atomic E-state index is 0. The highest BCUT2D eigenvalue weighted by Gasteiger charge is 2.02. The predicted molar refractivity (Wildman–Crippen MR) is 98.1 cm³/mol. The topological polar surface area (TPSA) is 111 Å². The molecule has 0 atom stereocenters. The number of carbonyl (C=O) groups is 1. The van der Waals surface area contributed by atoms with Crippen LogP contribution in [0.15, 0.2) is 54.7 Å². The van der Waals surface area contributed by atoms with Gasteiger partial charge in [0.15, 0.2) is 0 Å². The molecule has 0 aliphatic carbocycles. The van der Waals surface area contributed by atoms with Gasteiger partial charge in [0, 0.05) is 22.8 Å². The summed E-state index contributed by atoms with van der Waals surface area (Å²) in [5.74, 6) is 0.297. The van der Waals surface area contributed by atoms with Gasteiger partial charge in [-0.25, -0.2) is 4.79 Å². The van der Waals surface area contributed by atoms with E-state index < -0.39 is 6.09 Å². The van der Waals surface area contributed by atoms with Gasteiger partial charge in [0.1, 0.15) is 5.75 Å². The molecule has 0 saturated carbocycles. The number of aromatic hydroxyl groups is 1. The number of nitrogens with one attached hydrogen (secondary N) is 2. The van der Waals surface area contributed by atoms with E-state index >= 15 is 0 Å². The lowest BCUT2D eigenvalue weighted by molar-refractivity contribution is 0.210. The van der Waals surface area contributed by atoms with Crippen molar-refractivity contribution < 1.29 is 15.0 Å². The molecule has 0 unspecified atom stereocenters. The van der Waals surface area contributed by atoms with Crippen molar-refractivity contribution in [2.24, 2.45) is 5.73 Å². The number of para-hydroxylation sites is 1. The van der Waals surface area contributed by atoms with Crippen LogP contribution in [0.4, 0.5) is 10.5 Å². The zero-order chi connectivity index (χ0) is 16.7. The number of H-pyrrole nitrogens is 1. The number of aromatic nitrogens is 1. The van der Waals surface area contributed by atoms with Crippen LogP contribution in [0, 0.1) is 0 Å². The summed E-state index contributed by atoms with van der Waals surface area (Å²) in [7, 11) is 0. The van der Waals surface area contributed by atoms with Crippen molar-refractivity contribution in [1.82, 2.24) is 4.98 Å². The van der Waals surface area contributed by atoms with Gasteiger partial charge in [-0.2, -0.15) is 0 Å². The Morgan fingerprint density at radius 2 is 1.88 bits per heavy atom. The lowest BCUT2D eigenvalue weighted by atomic mass is 10.1. The molecule has 0 aliphatic rings. The summed E-state index contributed by atoms with van der Waals surface area (Å²) in [5, 5.41) is 20.8. The fourth-order valence-corrected chi connectivity index (χ4v) is 2.17. The minimum atomic E-state index is -1.04. The molecule has 6 N–H and O–H groups in total. The van der Waals surface area contributed by atoms with Crippen LogP contribution in [-0.2, 0) is 6.42 Å². The number of carboxylic acid groups (broad SMARTS) is 1. The molecule has 6 nitrogen and oxygen atoms in total. The molecule has 0 aliphatic heterocycles. The Balaban J connectivity index is 0.000000238. The average molecular weight is 350 g/mol. The standard InChI is InChI=1S/C10H12N2O.C7H7NO2.ClH/c11-4-3-7-6-12-10-2-1-8(13)5-9(7)10;9-7(10)8-6-4-2-1-3-5-6;/h1-2,5-6,12-13H,3-4,11H2;1-5,8H,(H,9,10);1H. The van der Waals surface area contributed by atoms with Crippen molar-refractivity contribution in [3.05, 3.63) is 60.3 Å². The van der Waals surface area contributed by atoms with Crippen molar-refractivity contribution in [3.8, 4) is 5.75 Å². The Bertz CT molecular complexity index is 775. The van der Waals surface area contributed by atoms with Gasteiger partial charge < -0.3 is 20.9 Å². The molecule has 1 heterocycles. The molecular formula is C17H20ClN3O3. The molecule has 0 fully saturated rings. The van der Waals surface area contributed by atoms with E-state index in [2.05, 4.69) is 10.3 Å². The van der Waals surface area contributed by atoms with Gasteiger partial charge in [0.05, 0.1) is 0 Å². The molecular weight excluding hydrogens is 330 g/mol. The first-order chi connectivity index (χ1) is 11.1. The van der Waals surface area contributed by atoms with E-state index in [0.29, 0.717) is 18.0 Å². The van der Waals surface area contributed by atoms with E-state index in [1.807, 2.05) is 18.3 Å². The average Bonchev–Trinajstić information content (AvgIpc) is 2.91. The van der Waals surface area contributed by atoms with Crippen LogP contribution >= 0.6 is 12.4 Å². The van der Waals surface area contributed by atoms with Gasteiger partial charge in [0.25, 0.3) is 0 Å². The monoisotopic (exact) mass is 349 g/mol. The Morgan fingerprint density at radius 3 is 2.50 bits per heavy atom. The summed E-state index contributed by atoms with van der Waals surface area (Å²) in [6.07, 6.45) is 1.74. The fourth-order valence-electron chi connectivity index (χ4n) is 2.17. The number of benzene rings is 2. The molecule has 7 heteroatoms. The first-order valence-electron chi connectivity index (χ1n) is 7.14. The zero-order valence-electron chi connectivity index (χ0n) is 12.9. The van der Waals surface area contributed by atoms with E-state index in [-0.39, 0.29) is 12.4 Å². The van der Waals surface area contributed by atoms with Crippen molar-refractivity contribution in [2.75, 3.05) is 11.9 Å². The summed E-state index contributed by atoms with van der Waals surface area (Å²) in [5.41, 5.74) is 8.27. The predicted octanol–water partition coefficient (Wildman–Crippen LogP) is 3.57. The summed E-state index contributed by atoms with van der Waals surface area (Å²) >= 11 is 0. The minimum Gasteiger partial charge on any atom is -0.508 e. The summed E-state index contributed by atoms with van der Waals surface area (Å²) in [4.78, 5) is 13.2. The third-order valence-corrected chi connectivity index (χ3v) is 3.19. The number of hydrogen-bond donors (Lipinski definition) is 5. The van der Waals surface area contributed by atoms with E-state index in [9.17, 15) is 9.90 Å². The summed E-state index contributed by atoms with van der Waals surface area (Å²) < 4.78 is 0. The van der Waals surface area contributed by atoms with Crippen molar-refractivity contribution >= 4 is 35.1 Å². The largest absolute Gasteiger partial charge is 0.508 e. The van der Waals surface area contributed by atoms with Gasteiger partial charge in [-0.05, 0) is 48.9 Å². The Morgan fingerprint density at radius 1 is 1.17 bits per heavy atom. The molecule has 1 amide bonds. The number of amides is 1. The third-order valence-electron chi connectivity index (χ3n) is 3.19. The Kier molecular flexibility index (Phi) is 7.61. The number of rotatable bonds is 3. The van der Waals surface area contributed by atoms with E-state index in [4.69, 9.17) is 10.8 Å². The van der Waals surface area contributed by atoms with Crippen molar-refractivity contribution in [1.29, 1.82) is 0 Å². The molecule has 2 aromatic carbocycles. The van der Waals surface area contributed by atoms with Gasteiger partial charge in [-0.3, -0.25) is 5.32 Å². The molecule has 24 heavy (non-hydrogen) atoms. The number of halogens is 1. The molecule has 0 bridgehead atoms. The second kappa shape index (κ2) is 9.44. The first-order valence-corrected chi connectivity index (χ1v) is 7.14. The lowest BCUT2D eigenvalue weighted by Crippen LogP contribution is -2.06. The van der Waals surface area contributed by atoms with Crippen LogP contribution in [0.25, 0.3) is 10.9 Å². The fraction of sp³-hybridized carbons (Fsp3) is 0.118. The second-order valence-corrected chi connectivity index (χ2v) is 4.88. The number of nitrogens with two attached hydrogens (primary N) is 1. The van der Waals surface area contributed by atoms with Crippen LogP contribution in [0.5, 0.6) is 5.75 Å². The molecule has 3 rings (SSSR count). The first kappa shape index (κ1) is 19.3. The lowest BCUT2D eigenvalue weighted by Gasteiger charge is -1.96. The highest BCUT2D eigenvalue weighted by atomic mass is 35.5. The van der Waals surface area contributed by atoms with Crippen LogP contribution in [0.1, 0.15) is 5.56 Å². The van der Waals surface area contributed by atoms with Gasteiger partial charge in [-0.15, -0.1) is 12.4 Å². The quantitative estimate of drug-likeness (QED) is 0.497. The highest BCUT2D eigenvalue weighted by molar-refractivity contribution is 5.85. The second-order valence-electron chi connectivity index (χ2n) is 4.88. The van der Waals surface area contributed by atoms with E-state index in [0.717, 1.165) is 22.9 Å². The number of anilines is 1. The molecule has 0 spiro atoms. The number of fused-ring (bicyclic) bond motifs is 1. The van der Waals surface area contributed by atoms with Crippen LogP contribution < -0.4 is 11.1 Å². The van der Waals surface area contributed by atoms with Gasteiger partial charge in [-0.1, -0.05) is 18.2 Å². The summed E-state index contributed by atoms with van der Waals surface area (Å²) in [6.45, 7) is 0.628. The van der Waals surface area contributed by atoms with E-state index in [1.165, 1.54) is 0 Å². The van der Waals surface area contributed by atoms with Crippen molar-refractivity contribution in [2.45, 2.75) is 6.42 Å². The maximum atomic E-state index is 10.1. The molecule has 128 valence electrons. The molecule has 1 aromatic heterocycles. The smallest absolute Gasteiger partial charge is 0.409 e. The highest BCUT2D eigenvalue weighted by Crippen LogP contribution is 2.22.